The first-order valence-electron chi connectivity index (χ1n) is 9.25. The van der Waals surface area contributed by atoms with E-state index in [0.717, 1.165) is 10.2 Å². The van der Waals surface area contributed by atoms with Crippen molar-refractivity contribution in [2.45, 2.75) is 0 Å². The van der Waals surface area contributed by atoms with E-state index in [4.69, 9.17) is 28.0 Å². The third kappa shape index (κ3) is 9.39. The number of fused-ring (bicyclic) bond motifs is 1. The van der Waals surface area contributed by atoms with Crippen LogP contribution in [0.15, 0.2) is 42.5 Å². The predicted molar refractivity (Wildman–Crippen MR) is 135 cm³/mol. The Morgan fingerprint density at radius 1 is 0.970 bits per heavy atom. The van der Waals surface area contributed by atoms with E-state index < -0.39 is 6.03 Å². The zero-order valence-electron chi connectivity index (χ0n) is 18.4. The van der Waals surface area contributed by atoms with Crippen molar-refractivity contribution in [2.24, 2.45) is 11.5 Å². The summed E-state index contributed by atoms with van der Waals surface area (Å²) in [6.07, 6.45) is 0. The second kappa shape index (κ2) is 13.3. The minimum Gasteiger partial charge on any atom is -0.352 e. The molecule has 1 heterocycles. The van der Waals surface area contributed by atoms with Crippen LogP contribution in [-0.4, -0.2) is 56.2 Å². The number of carbonyl (C=O) groups is 3. The van der Waals surface area contributed by atoms with E-state index in [1.54, 1.807) is 46.4 Å². The first-order chi connectivity index (χ1) is 15.5. The Morgan fingerprint density at radius 2 is 1.58 bits per heavy atom. The summed E-state index contributed by atoms with van der Waals surface area (Å²) in [6, 6.07) is 11.6. The van der Waals surface area contributed by atoms with E-state index in [0.29, 0.717) is 20.9 Å². The van der Waals surface area contributed by atoms with E-state index >= 15 is 0 Å². The van der Waals surface area contributed by atoms with Gasteiger partial charge in [0.2, 0.25) is 0 Å². The van der Waals surface area contributed by atoms with Crippen molar-refractivity contribution in [1.29, 1.82) is 0 Å². The number of carbonyl (C=O) groups excluding carboxylic acids is 3. The summed E-state index contributed by atoms with van der Waals surface area (Å²) in [4.78, 5) is 38.9. The number of hydrogen-bond acceptors (Lipinski definition) is 5. The number of nitrogens with two attached hydrogens (primary N) is 2. The summed E-state index contributed by atoms with van der Waals surface area (Å²) in [5.74, 6) is 0. The number of benzene rings is 2. The van der Waals surface area contributed by atoms with Crippen molar-refractivity contribution in [3.05, 3.63) is 52.5 Å². The summed E-state index contributed by atoms with van der Waals surface area (Å²) >= 11 is 13.0. The summed E-state index contributed by atoms with van der Waals surface area (Å²) in [5, 5.41) is 6.81. The molecule has 0 radical (unpaired) electrons. The van der Waals surface area contributed by atoms with Gasteiger partial charge in [-0.2, -0.15) is 0 Å². The summed E-state index contributed by atoms with van der Waals surface area (Å²) in [7, 11) is 6.63. The molecule has 0 fully saturated rings. The maximum atomic E-state index is 11.4. The molecule has 33 heavy (non-hydrogen) atoms. The Labute approximate surface area is 205 Å². The highest BCUT2D eigenvalue weighted by Crippen LogP contribution is 2.27. The average molecular weight is 514 g/mol. The van der Waals surface area contributed by atoms with E-state index in [-0.39, 0.29) is 12.1 Å². The van der Waals surface area contributed by atoms with Gasteiger partial charge in [-0.3, -0.25) is 4.90 Å². The third-order valence-electron chi connectivity index (χ3n) is 3.67. The van der Waals surface area contributed by atoms with Crippen LogP contribution in [0.1, 0.15) is 0 Å². The maximum absolute atomic E-state index is 11.4. The molecule has 0 aliphatic heterocycles. The quantitative estimate of drug-likeness (QED) is 0.406. The molecule has 2 aromatic carbocycles. The minimum atomic E-state index is -0.833. The summed E-state index contributed by atoms with van der Waals surface area (Å²) in [6.45, 7) is 0. The summed E-state index contributed by atoms with van der Waals surface area (Å²) < 4.78 is 1.09. The van der Waals surface area contributed by atoms with Crippen LogP contribution in [0, 0.1) is 0 Å². The van der Waals surface area contributed by atoms with E-state index in [2.05, 4.69) is 27.1 Å². The lowest BCUT2D eigenvalue weighted by atomic mass is 10.3. The van der Waals surface area contributed by atoms with E-state index in [9.17, 15) is 9.59 Å². The summed E-state index contributed by atoms with van der Waals surface area (Å²) in [5.41, 5.74) is 10.0. The molecule has 3 aromatic rings. The van der Waals surface area contributed by atoms with Crippen LogP contribution in [0.25, 0.3) is 10.2 Å². The molecule has 0 spiro atoms. The molecule has 0 aliphatic rings. The fourth-order valence-corrected chi connectivity index (χ4v) is 3.29. The van der Waals surface area contributed by atoms with Crippen molar-refractivity contribution in [1.82, 2.24) is 15.2 Å². The van der Waals surface area contributed by atoms with Crippen molar-refractivity contribution in [2.75, 3.05) is 38.4 Å². The number of aromatic nitrogens is 1. The normalized spacial score (nSPS) is 9.52. The lowest BCUT2D eigenvalue weighted by Crippen LogP contribution is -2.34. The van der Waals surface area contributed by atoms with Gasteiger partial charge in [0.15, 0.2) is 5.13 Å². The highest BCUT2D eigenvalue weighted by molar-refractivity contribution is 7.22. The molecule has 10 nitrogen and oxygen atoms in total. The maximum Gasteiger partial charge on any atom is 0.323 e. The SMILES string of the molecule is CN(C)C(=O)Nc1ccc(Cl)c(Cl)c1.CNC(=O)N(C)c1nc2ccccc2s1.NC(N)=O. The zero-order chi connectivity index (χ0) is 25.1. The monoisotopic (exact) mass is 513 g/mol. The number of rotatable bonds is 2. The van der Waals surface area contributed by atoms with Crippen LogP contribution >= 0.6 is 34.5 Å². The van der Waals surface area contributed by atoms with Gasteiger partial charge in [0, 0.05) is 33.9 Å². The van der Waals surface area contributed by atoms with E-state index in [1.165, 1.54) is 21.1 Å². The molecular formula is C20H25Cl2N7O3S. The smallest absolute Gasteiger partial charge is 0.323 e. The average Bonchev–Trinajstić information content (AvgIpc) is 3.19. The number of nitrogens with zero attached hydrogens (tertiary/aromatic N) is 3. The van der Waals surface area contributed by atoms with Crippen molar-refractivity contribution < 1.29 is 14.4 Å². The molecule has 3 rings (SSSR count). The first kappa shape index (κ1) is 27.8. The molecule has 13 heteroatoms. The van der Waals surface area contributed by atoms with Crippen LogP contribution in [0.3, 0.4) is 0 Å². The molecule has 0 saturated carbocycles. The third-order valence-corrected chi connectivity index (χ3v) is 5.52. The van der Waals surface area contributed by atoms with Gasteiger partial charge >= 0.3 is 18.1 Å². The molecule has 0 bridgehead atoms. The van der Waals surface area contributed by atoms with Crippen LogP contribution in [0.5, 0.6) is 0 Å². The largest absolute Gasteiger partial charge is 0.352 e. The number of primary amides is 2. The van der Waals surface area contributed by atoms with Crippen LogP contribution in [0.2, 0.25) is 10.0 Å². The molecule has 6 N–H and O–H groups in total. The molecule has 0 saturated heterocycles. The number of para-hydroxylation sites is 1. The zero-order valence-corrected chi connectivity index (χ0v) is 20.8. The lowest BCUT2D eigenvalue weighted by molar-refractivity contribution is 0.230. The Balaban J connectivity index is 0.000000285. The standard InChI is InChI=1S/C10H11N3OS.C9H10Cl2N2O.CH4N2O/c1-11-9(14)13(2)10-12-7-5-3-4-6-8(7)15-10;1-13(2)9(14)12-6-3-4-7(10)8(11)5-6;2-1(3)4/h3-6H,1-2H3,(H,11,14);3-5H,1-2H3,(H,12,14);(H4,2,3,4). The van der Waals surface area contributed by atoms with Crippen LogP contribution in [-0.2, 0) is 0 Å². The van der Waals surface area contributed by atoms with Gasteiger partial charge in [0.25, 0.3) is 0 Å². The Bertz CT molecular complexity index is 1070. The molecule has 6 amide bonds. The number of nitrogens with one attached hydrogen (secondary N) is 2. The Kier molecular flexibility index (Phi) is 11.2. The number of halogens is 2. The topological polar surface area (TPSA) is 147 Å². The van der Waals surface area contributed by atoms with Crippen molar-refractivity contribution in [3.63, 3.8) is 0 Å². The van der Waals surface area contributed by atoms with Gasteiger partial charge in [-0.15, -0.1) is 0 Å². The molecule has 178 valence electrons. The number of urea groups is 3. The number of thiazole rings is 1. The van der Waals surface area contributed by atoms with Crippen LogP contribution < -0.4 is 27.0 Å². The van der Waals surface area contributed by atoms with Gasteiger partial charge in [0.1, 0.15) is 0 Å². The van der Waals surface area contributed by atoms with Crippen LogP contribution in [0.4, 0.5) is 25.2 Å². The Hall–Kier alpha value is -3.28. The Morgan fingerprint density at radius 3 is 2.09 bits per heavy atom. The van der Waals surface area contributed by atoms with Gasteiger partial charge in [0.05, 0.1) is 20.3 Å². The molecule has 1 aromatic heterocycles. The molecule has 0 unspecified atom stereocenters. The molecule has 0 atom stereocenters. The minimum absolute atomic E-state index is 0.158. The second-order valence-electron chi connectivity index (χ2n) is 6.43. The number of amides is 6. The van der Waals surface area contributed by atoms with Gasteiger partial charge < -0.3 is 27.0 Å². The second-order valence-corrected chi connectivity index (χ2v) is 8.26. The fourth-order valence-electron chi connectivity index (χ4n) is 2.07. The highest BCUT2D eigenvalue weighted by atomic mass is 35.5. The predicted octanol–water partition coefficient (Wildman–Crippen LogP) is 4.18. The van der Waals surface area contributed by atoms with Gasteiger partial charge in [-0.05, 0) is 30.3 Å². The lowest BCUT2D eigenvalue weighted by Gasteiger charge is -2.12. The van der Waals surface area contributed by atoms with Crippen molar-refractivity contribution >= 4 is 73.7 Å². The molecule has 0 aliphatic carbocycles. The number of anilines is 2. The van der Waals surface area contributed by atoms with Gasteiger partial charge in [-0.25, -0.2) is 19.4 Å². The van der Waals surface area contributed by atoms with Crippen molar-refractivity contribution in [3.8, 4) is 0 Å². The van der Waals surface area contributed by atoms with E-state index in [1.807, 2.05) is 24.3 Å². The fraction of sp³-hybridized carbons (Fsp3) is 0.200. The first-order valence-corrected chi connectivity index (χ1v) is 10.8. The highest BCUT2D eigenvalue weighted by Gasteiger charge is 2.13. The molecular weight excluding hydrogens is 489 g/mol. The number of hydrogen-bond donors (Lipinski definition) is 4. The van der Waals surface area contributed by atoms with Gasteiger partial charge in [-0.1, -0.05) is 46.7 Å².